The minimum atomic E-state index is -1.14. The Labute approximate surface area is 143 Å². The first-order chi connectivity index (χ1) is 11.2. The molecule has 1 atom stereocenters. The van der Waals surface area contributed by atoms with Crippen molar-refractivity contribution in [3.63, 3.8) is 0 Å². The van der Waals surface area contributed by atoms with Gasteiger partial charge in [0.2, 0.25) is 0 Å². The molecule has 0 saturated carbocycles. The Balaban J connectivity index is 1.96. The highest BCUT2D eigenvalue weighted by atomic mass is 32.1. The maximum Gasteiger partial charge on any atom is 0.408 e. The number of nitrogens with zero attached hydrogens (tertiary/aromatic N) is 3. The number of carbonyl (C=O) groups excluding carboxylic acids is 1. The molecule has 130 valence electrons. The van der Waals surface area contributed by atoms with Gasteiger partial charge in [0, 0.05) is 23.7 Å². The second kappa shape index (κ2) is 7.43. The van der Waals surface area contributed by atoms with Crippen LogP contribution in [0.15, 0.2) is 24.2 Å². The van der Waals surface area contributed by atoms with Gasteiger partial charge in [0.25, 0.3) is 0 Å². The first-order valence-electron chi connectivity index (χ1n) is 7.33. The van der Waals surface area contributed by atoms with E-state index in [2.05, 4.69) is 15.3 Å². The zero-order valence-corrected chi connectivity index (χ0v) is 14.5. The van der Waals surface area contributed by atoms with Crippen molar-refractivity contribution in [2.24, 2.45) is 0 Å². The largest absolute Gasteiger partial charge is 0.480 e. The minimum Gasteiger partial charge on any atom is -0.480 e. The van der Waals surface area contributed by atoms with E-state index in [4.69, 9.17) is 4.74 Å². The van der Waals surface area contributed by atoms with Crippen LogP contribution in [-0.4, -0.2) is 43.3 Å². The lowest BCUT2D eigenvalue weighted by Crippen LogP contribution is -2.44. The van der Waals surface area contributed by atoms with Crippen molar-refractivity contribution in [1.82, 2.24) is 19.9 Å². The molecule has 2 rings (SSSR count). The normalized spacial score (nSPS) is 12.6. The summed E-state index contributed by atoms with van der Waals surface area (Å²) in [5, 5.41) is 11.6. The predicted molar refractivity (Wildman–Crippen MR) is 87.9 cm³/mol. The molecule has 0 radical (unpaired) electrons. The van der Waals surface area contributed by atoms with Crippen LogP contribution in [0.4, 0.5) is 4.79 Å². The third-order valence-corrected chi connectivity index (χ3v) is 3.68. The lowest BCUT2D eigenvalue weighted by Gasteiger charge is -2.21. The third kappa shape index (κ3) is 5.65. The van der Waals surface area contributed by atoms with Crippen LogP contribution in [0.3, 0.4) is 0 Å². The molecular weight excluding hydrogens is 332 g/mol. The summed E-state index contributed by atoms with van der Waals surface area (Å²) < 4.78 is 6.93. The number of imidazole rings is 1. The Hall–Kier alpha value is -2.42. The second-order valence-corrected chi connectivity index (χ2v) is 7.22. The molecule has 0 aromatic carbocycles. The van der Waals surface area contributed by atoms with Crippen LogP contribution >= 0.6 is 11.3 Å². The highest BCUT2D eigenvalue weighted by Gasteiger charge is 2.25. The molecule has 0 aliphatic heterocycles. The Morgan fingerprint density at radius 3 is 2.79 bits per heavy atom. The van der Waals surface area contributed by atoms with Gasteiger partial charge in [-0.2, -0.15) is 0 Å². The van der Waals surface area contributed by atoms with Crippen molar-refractivity contribution >= 4 is 23.4 Å². The SMILES string of the molecule is CC(C)(C)OC(=O)N[C@@H](Cc1cn(Cc2cncs2)cn1)C(=O)O. The molecule has 0 aliphatic carbocycles. The van der Waals surface area contributed by atoms with E-state index >= 15 is 0 Å². The zero-order valence-electron chi connectivity index (χ0n) is 13.7. The molecule has 2 aromatic heterocycles. The van der Waals surface area contributed by atoms with E-state index in [0.717, 1.165) is 4.88 Å². The van der Waals surface area contributed by atoms with Crippen molar-refractivity contribution < 1.29 is 19.4 Å². The first-order valence-corrected chi connectivity index (χ1v) is 8.21. The molecule has 0 saturated heterocycles. The number of alkyl carbamates (subject to hydrolysis) is 1. The van der Waals surface area contributed by atoms with E-state index in [1.807, 2.05) is 4.57 Å². The van der Waals surface area contributed by atoms with Gasteiger partial charge in [-0.3, -0.25) is 4.98 Å². The van der Waals surface area contributed by atoms with Gasteiger partial charge < -0.3 is 19.7 Å². The fraction of sp³-hybridized carbons (Fsp3) is 0.467. The highest BCUT2D eigenvalue weighted by molar-refractivity contribution is 7.09. The maximum atomic E-state index is 11.8. The topological polar surface area (TPSA) is 106 Å². The van der Waals surface area contributed by atoms with Gasteiger partial charge in [-0.1, -0.05) is 0 Å². The third-order valence-electron chi connectivity index (χ3n) is 2.91. The molecule has 2 heterocycles. The van der Waals surface area contributed by atoms with E-state index in [0.29, 0.717) is 12.2 Å². The quantitative estimate of drug-likeness (QED) is 0.822. The Kier molecular flexibility index (Phi) is 5.55. The summed E-state index contributed by atoms with van der Waals surface area (Å²) in [7, 11) is 0. The van der Waals surface area contributed by atoms with Crippen LogP contribution in [0, 0.1) is 0 Å². The predicted octanol–water partition coefficient (Wildman–Crippen LogP) is 1.91. The lowest BCUT2D eigenvalue weighted by atomic mass is 10.1. The maximum absolute atomic E-state index is 11.8. The molecule has 0 aliphatic rings. The monoisotopic (exact) mass is 352 g/mol. The van der Waals surface area contributed by atoms with Crippen molar-refractivity contribution in [1.29, 1.82) is 0 Å². The zero-order chi connectivity index (χ0) is 17.7. The fourth-order valence-corrected chi connectivity index (χ4v) is 2.56. The van der Waals surface area contributed by atoms with Gasteiger partial charge in [0.1, 0.15) is 11.6 Å². The average Bonchev–Trinajstić information content (AvgIpc) is 3.08. The number of carboxylic acid groups (broad SMARTS) is 1. The summed E-state index contributed by atoms with van der Waals surface area (Å²) in [5.74, 6) is -1.14. The summed E-state index contributed by atoms with van der Waals surface area (Å²) in [6.07, 6.45) is 4.46. The number of hydrogen-bond acceptors (Lipinski definition) is 6. The van der Waals surface area contributed by atoms with E-state index in [-0.39, 0.29) is 6.42 Å². The second-order valence-electron chi connectivity index (χ2n) is 6.25. The number of aromatic nitrogens is 3. The van der Waals surface area contributed by atoms with Gasteiger partial charge in [-0.05, 0) is 20.8 Å². The molecule has 9 heteroatoms. The van der Waals surface area contributed by atoms with Gasteiger partial charge >= 0.3 is 12.1 Å². The number of rotatable bonds is 6. The summed E-state index contributed by atoms with van der Waals surface area (Å²) in [6, 6.07) is -1.10. The van der Waals surface area contributed by atoms with E-state index < -0.39 is 23.7 Å². The van der Waals surface area contributed by atoms with Crippen molar-refractivity contribution in [3.8, 4) is 0 Å². The standard InChI is InChI=1S/C15H20N4O4S/c1-15(2,3)23-14(22)18-12(13(20)21)4-10-6-19(8-17-10)7-11-5-16-9-24-11/h5-6,8-9,12H,4,7H2,1-3H3,(H,18,22)(H,20,21)/t12-/m0/s1. The fourth-order valence-electron chi connectivity index (χ4n) is 1.96. The summed E-state index contributed by atoms with van der Waals surface area (Å²) in [6.45, 7) is 5.76. The van der Waals surface area contributed by atoms with Gasteiger partial charge in [0.15, 0.2) is 0 Å². The number of ether oxygens (including phenoxy) is 1. The Bertz CT molecular complexity index is 691. The molecule has 2 aromatic rings. The van der Waals surface area contributed by atoms with Gasteiger partial charge in [-0.25, -0.2) is 14.6 Å². The van der Waals surface area contributed by atoms with Crippen LogP contribution in [-0.2, 0) is 22.5 Å². The molecule has 0 spiro atoms. The van der Waals surface area contributed by atoms with Crippen LogP contribution in [0.5, 0.6) is 0 Å². The van der Waals surface area contributed by atoms with Gasteiger partial charge in [0.05, 0.1) is 24.1 Å². The van der Waals surface area contributed by atoms with Crippen LogP contribution < -0.4 is 5.32 Å². The lowest BCUT2D eigenvalue weighted by molar-refractivity contribution is -0.139. The highest BCUT2D eigenvalue weighted by Crippen LogP contribution is 2.10. The number of carbonyl (C=O) groups is 2. The average molecular weight is 352 g/mol. The number of amides is 1. The number of aliphatic carboxylic acids is 1. The molecule has 0 unspecified atom stereocenters. The molecule has 8 nitrogen and oxygen atoms in total. The molecule has 2 N–H and O–H groups in total. The Morgan fingerprint density at radius 2 is 2.21 bits per heavy atom. The van der Waals surface area contributed by atoms with Crippen LogP contribution in [0.2, 0.25) is 0 Å². The smallest absolute Gasteiger partial charge is 0.408 e. The summed E-state index contributed by atoms with van der Waals surface area (Å²) >= 11 is 1.53. The van der Waals surface area contributed by atoms with Crippen LogP contribution in [0.1, 0.15) is 31.3 Å². The molecular formula is C15H20N4O4S. The molecule has 24 heavy (non-hydrogen) atoms. The van der Waals surface area contributed by atoms with E-state index in [1.165, 1.54) is 11.3 Å². The number of carboxylic acids is 1. The van der Waals surface area contributed by atoms with Gasteiger partial charge in [-0.15, -0.1) is 11.3 Å². The van der Waals surface area contributed by atoms with E-state index in [1.54, 1.807) is 45.0 Å². The number of hydrogen-bond donors (Lipinski definition) is 2. The van der Waals surface area contributed by atoms with Crippen molar-refractivity contribution in [2.75, 3.05) is 0 Å². The van der Waals surface area contributed by atoms with Crippen LogP contribution in [0.25, 0.3) is 0 Å². The minimum absolute atomic E-state index is 0.0737. The van der Waals surface area contributed by atoms with Crippen molar-refractivity contribution in [3.05, 3.63) is 34.8 Å². The summed E-state index contributed by atoms with van der Waals surface area (Å²) in [5.41, 5.74) is 1.63. The molecule has 1 amide bonds. The summed E-state index contributed by atoms with van der Waals surface area (Å²) in [4.78, 5) is 32.4. The number of nitrogens with one attached hydrogen (secondary N) is 1. The molecule has 0 bridgehead atoms. The molecule has 0 fully saturated rings. The Morgan fingerprint density at radius 1 is 1.46 bits per heavy atom. The van der Waals surface area contributed by atoms with E-state index in [9.17, 15) is 14.7 Å². The van der Waals surface area contributed by atoms with Crippen molar-refractivity contribution in [2.45, 2.75) is 45.4 Å². The number of thiazole rings is 1. The first kappa shape index (κ1) is 17.9.